The van der Waals surface area contributed by atoms with E-state index in [1.807, 2.05) is 13.0 Å². The molecule has 0 aliphatic heterocycles. The first-order valence-electron chi connectivity index (χ1n) is 5.46. The summed E-state index contributed by atoms with van der Waals surface area (Å²) in [7, 11) is 0. The molecule has 1 aromatic rings. The Balaban J connectivity index is 2.55. The predicted molar refractivity (Wildman–Crippen MR) is 65.9 cm³/mol. The third-order valence-corrected chi connectivity index (χ3v) is 2.89. The summed E-state index contributed by atoms with van der Waals surface area (Å²) in [6, 6.07) is 1.89. The van der Waals surface area contributed by atoms with Crippen LogP contribution in [0.4, 0.5) is 11.5 Å². The fourth-order valence-electron chi connectivity index (χ4n) is 1.14. The maximum Gasteiger partial charge on any atom is 0.127 e. The highest BCUT2D eigenvalue weighted by Gasteiger charge is 2.07. The number of nitrogen functional groups attached to an aromatic ring is 1. The number of pyridine rings is 1. The third kappa shape index (κ3) is 3.42. The molecule has 0 aliphatic carbocycles. The zero-order valence-corrected chi connectivity index (χ0v) is 10.0. The quantitative estimate of drug-likeness (QED) is 0.798. The lowest BCUT2D eigenvalue weighted by atomic mass is 9.98. The van der Waals surface area contributed by atoms with Crippen LogP contribution < -0.4 is 11.1 Å². The van der Waals surface area contributed by atoms with Gasteiger partial charge in [0.1, 0.15) is 5.82 Å². The maximum atomic E-state index is 5.81. The number of aromatic nitrogens is 1. The minimum Gasteiger partial charge on any atom is -0.398 e. The van der Waals surface area contributed by atoms with Crippen LogP contribution in [-0.2, 0) is 0 Å². The van der Waals surface area contributed by atoms with Crippen molar-refractivity contribution in [3.05, 3.63) is 17.8 Å². The molecule has 3 N–H and O–H groups in total. The van der Waals surface area contributed by atoms with E-state index in [-0.39, 0.29) is 0 Å². The number of aryl methyl sites for hydroxylation is 1. The Morgan fingerprint density at radius 3 is 2.60 bits per heavy atom. The summed E-state index contributed by atoms with van der Waals surface area (Å²) >= 11 is 0. The maximum absolute atomic E-state index is 5.81. The lowest BCUT2D eigenvalue weighted by Crippen LogP contribution is -2.16. The van der Waals surface area contributed by atoms with Crippen molar-refractivity contribution < 1.29 is 0 Å². The highest BCUT2D eigenvalue weighted by molar-refractivity contribution is 5.53. The summed E-state index contributed by atoms with van der Waals surface area (Å²) in [6.45, 7) is 9.58. The number of nitrogens with one attached hydrogen (secondary N) is 1. The van der Waals surface area contributed by atoms with Gasteiger partial charge in [-0.25, -0.2) is 4.98 Å². The molecule has 0 bridgehead atoms. The van der Waals surface area contributed by atoms with E-state index >= 15 is 0 Å². The monoisotopic (exact) mass is 207 g/mol. The van der Waals surface area contributed by atoms with Gasteiger partial charge >= 0.3 is 0 Å². The number of hydrogen-bond donors (Lipinski definition) is 2. The molecular formula is C12H21N3. The fourth-order valence-corrected chi connectivity index (χ4v) is 1.14. The first kappa shape index (κ1) is 11.8. The minimum atomic E-state index is 0.634. The van der Waals surface area contributed by atoms with Gasteiger partial charge in [-0.2, -0.15) is 0 Å². The molecule has 15 heavy (non-hydrogen) atoms. The van der Waals surface area contributed by atoms with E-state index in [2.05, 4.69) is 31.1 Å². The summed E-state index contributed by atoms with van der Waals surface area (Å²) < 4.78 is 0. The fraction of sp³-hybridized carbons (Fsp3) is 0.583. The van der Waals surface area contributed by atoms with Crippen molar-refractivity contribution in [2.75, 3.05) is 17.6 Å². The zero-order valence-electron chi connectivity index (χ0n) is 10.0. The van der Waals surface area contributed by atoms with Crippen molar-refractivity contribution in [1.82, 2.24) is 4.98 Å². The number of rotatable bonds is 4. The summed E-state index contributed by atoms with van der Waals surface area (Å²) in [6.07, 6.45) is 1.80. The van der Waals surface area contributed by atoms with E-state index in [4.69, 9.17) is 5.73 Å². The number of nitrogens with zero attached hydrogens (tertiary/aromatic N) is 1. The van der Waals surface area contributed by atoms with Gasteiger partial charge in [-0.15, -0.1) is 0 Å². The molecule has 0 fully saturated rings. The van der Waals surface area contributed by atoms with Crippen molar-refractivity contribution in [3.63, 3.8) is 0 Å². The summed E-state index contributed by atoms with van der Waals surface area (Å²) in [4.78, 5) is 4.28. The van der Waals surface area contributed by atoms with E-state index in [0.717, 1.165) is 23.6 Å². The van der Waals surface area contributed by atoms with Crippen LogP contribution in [0.15, 0.2) is 12.3 Å². The molecule has 1 heterocycles. The Hall–Kier alpha value is -1.25. The number of nitrogens with two attached hydrogens (primary N) is 1. The average molecular weight is 207 g/mol. The second-order valence-corrected chi connectivity index (χ2v) is 4.53. The lowest BCUT2D eigenvalue weighted by molar-refractivity contribution is 0.439. The first-order valence-corrected chi connectivity index (χ1v) is 5.46. The molecule has 0 spiro atoms. The second kappa shape index (κ2) is 5.01. The van der Waals surface area contributed by atoms with E-state index in [1.165, 1.54) is 0 Å². The summed E-state index contributed by atoms with van der Waals surface area (Å²) in [5.74, 6) is 2.18. The van der Waals surface area contributed by atoms with Crippen molar-refractivity contribution in [1.29, 1.82) is 0 Å². The zero-order chi connectivity index (χ0) is 11.4. The van der Waals surface area contributed by atoms with Gasteiger partial charge in [0.15, 0.2) is 0 Å². The van der Waals surface area contributed by atoms with Crippen LogP contribution >= 0.6 is 0 Å². The Bertz CT molecular complexity index is 321. The van der Waals surface area contributed by atoms with Crippen LogP contribution in [0.1, 0.15) is 26.3 Å². The molecule has 84 valence electrons. The van der Waals surface area contributed by atoms with E-state index in [0.29, 0.717) is 11.8 Å². The smallest absolute Gasteiger partial charge is 0.127 e. The van der Waals surface area contributed by atoms with E-state index in [9.17, 15) is 0 Å². The van der Waals surface area contributed by atoms with Crippen LogP contribution in [-0.4, -0.2) is 11.5 Å². The molecule has 3 nitrogen and oxygen atoms in total. The van der Waals surface area contributed by atoms with Crippen molar-refractivity contribution in [3.8, 4) is 0 Å². The molecule has 0 aliphatic rings. The number of anilines is 2. The van der Waals surface area contributed by atoms with Gasteiger partial charge in [0.25, 0.3) is 0 Å². The van der Waals surface area contributed by atoms with Gasteiger partial charge < -0.3 is 11.1 Å². The van der Waals surface area contributed by atoms with E-state index < -0.39 is 0 Å². The van der Waals surface area contributed by atoms with Crippen LogP contribution in [0, 0.1) is 18.8 Å². The highest BCUT2D eigenvalue weighted by Crippen LogP contribution is 2.15. The molecular weight excluding hydrogens is 186 g/mol. The normalized spacial score (nSPS) is 12.9. The summed E-state index contributed by atoms with van der Waals surface area (Å²) in [5.41, 5.74) is 7.63. The Morgan fingerprint density at radius 2 is 2.07 bits per heavy atom. The Morgan fingerprint density at radius 1 is 1.40 bits per heavy atom. The van der Waals surface area contributed by atoms with Gasteiger partial charge in [0, 0.05) is 24.5 Å². The van der Waals surface area contributed by atoms with Crippen molar-refractivity contribution in [2.45, 2.75) is 27.7 Å². The second-order valence-electron chi connectivity index (χ2n) is 4.53. The predicted octanol–water partition coefficient (Wildman–Crippen LogP) is 2.68. The molecule has 3 heteroatoms. The third-order valence-electron chi connectivity index (χ3n) is 2.89. The SMILES string of the molecule is Cc1cnc(NCC(C)C(C)C)cc1N. The summed E-state index contributed by atoms with van der Waals surface area (Å²) in [5, 5.41) is 3.30. The Kier molecular flexibility index (Phi) is 3.95. The van der Waals surface area contributed by atoms with Gasteiger partial charge in [0.05, 0.1) is 0 Å². The average Bonchev–Trinajstić information content (AvgIpc) is 2.19. The van der Waals surface area contributed by atoms with Crippen LogP contribution in [0.3, 0.4) is 0 Å². The molecule has 0 amide bonds. The van der Waals surface area contributed by atoms with Crippen LogP contribution in [0.2, 0.25) is 0 Å². The minimum absolute atomic E-state index is 0.634. The molecule has 1 atom stereocenters. The van der Waals surface area contributed by atoms with Gasteiger partial charge in [-0.1, -0.05) is 20.8 Å². The lowest BCUT2D eigenvalue weighted by Gasteiger charge is -2.16. The molecule has 0 saturated carbocycles. The van der Waals surface area contributed by atoms with E-state index in [1.54, 1.807) is 6.20 Å². The molecule has 0 saturated heterocycles. The van der Waals surface area contributed by atoms with Crippen LogP contribution in [0.5, 0.6) is 0 Å². The molecule has 1 unspecified atom stereocenters. The molecule has 1 aromatic heterocycles. The molecule has 0 radical (unpaired) electrons. The van der Waals surface area contributed by atoms with Crippen LogP contribution in [0.25, 0.3) is 0 Å². The Labute approximate surface area is 92.1 Å². The van der Waals surface area contributed by atoms with Gasteiger partial charge in [0.2, 0.25) is 0 Å². The van der Waals surface area contributed by atoms with Gasteiger partial charge in [-0.3, -0.25) is 0 Å². The largest absolute Gasteiger partial charge is 0.398 e. The number of hydrogen-bond acceptors (Lipinski definition) is 3. The van der Waals surface area contributed by atoms with Gasteiger partial charge in [-0.05, 0) is 24.3 Å². The molecule has 1 rings (SSSR count). The van der Waals surface area contributed by atoms with Crippen molar-refractivity contribution in [2.24, 2.45) is 11.8 Å². The molecule has 0 aromatic carbocycles. The topological polar surface area (TPSA) is 50.9 Å². The first-order chi connectivity index (χ1) is 7.00. The standard InChI is InChI=1S/C12H21N3/c1-8(2)9(3)6-14-12-5-11(13)10(4)7-15-12/h5,7-9H,6H2,1-4H3,(H3,13,14,15). The highest BCUT2D eigenvalue weighted by atomic mass is 15.0. The van der Waals surface area contributed by atoms with Crippen molar-refractivity contribution >= 4 is 11.5 Å².